The number of carbonyl (C=O) groups excluding carboxylic acids is 1. The Morgan fingerprint density at radius 2 is 1.88 bits per heavy atom. The number of nitrogens with zero attached hydrogens (tertiary/aromatic N) is 2. The highest BCUT2D eigenvalue weighted by molar-refractivity contribution is 6.32. The number of hydrogen-bond donors (Lipinski definition) is 2. The number of anilines is 1. The fourth-order valence-corrected chi connectivity index (χ4v) is 2.35. The van der Waals surface area contributed by atoms with Crippen molar-refractivity contribution in [3.8, 4) is 0 Å². The molecule has 1 heterocycles. The van der Waals surface area contributed by atoms with Crippen molar-refractivity contribution >= 4 is 23.2 Å². The molecule has 0 atom stereocenters. The van der Waals surface area contributed by atoms with Crippen LogP contribution in [0.3, 0.4) is 0 Å². The minimum atomic E-state index is -0.436. The molecule has 0 bridgehead atoms. The summed E-state index contributed by atoms with van der Waals surface area (Å²) in [6, 6.07) is 7.17. The zero-order chi connectivity index (χ0) is 17.9. The smallest absolute Gasteiger partial charge is 0.288 e. The molecule has 7 heteroatoms. The molecule has 0 saturated heterocycles. The summed E-state index contributed by atoms with van der Waals surface area (Å²) < 4.78 is 1.36. The van der Waals surface area contributed by atoms with Gasteiger partial charge in [0, 0.05) is 19.2 Å². The van der Waals surface area contributed by atoms with Gasteiger partial charge in [0.2, 0.25) is 0 Å². The molecule has 0 aliphatic heterocycles. The Labute approximate surface area is 145 Å². The molecule has 0 aliphatic carbocycles. The van der Waals surface area contributed by atoms with Crippen LogP contribution in [-0.4, -0.2) is 22.7 Å². The van der Waals surface area contributed by atoms with E-state index in [2.05, 4.69) is 15.7 Å². The summed E-state index contributed by atoms with van der Waals surface area (Å²) >= 11 is 6.17. The van der Waals surface area contributed by atoms with E-state index >= 15 is 0 Å². The second kappa shape index (κ2) is 7.05. The highest BCUT2D eigenvalue weighted by Gasteiger charge is 2.19. The lowest BCUT2D eigenvalue weighted by Crippen LogP contribution is -2.36. The number of amides is 1. The van der Waals surface area contributed by atoms with Crippen molar-refractivity contribution in [2.24, 2.45) is 0 Å². The second-order valence-corrected chi connectivity index (χ2v) is 6.77. The fourth-order valence-electron chi connectivity index (χ4n) is 2.15. The van der Waals surface area contributed by atoms with Crippen LogP contribution in [0.1, 0.15) is 36.7 Å². The Hall–Kier alpha value is -2.34. The lowest BCUT2D eigenvalue weighted by molar-refractivity contribution is 0.0963. The van der Waals surface area contributed by atoms with Crippen molar-refractivity contribution in [3.05, 3.63) is 57.0 Å². The molecule has 2 N–H and O–H groups in total. The van der Waals surface area contributed by atoms with Crippen LogP contribution >= 0.6 is 11.6 Å². The van der Waals surface area contributed by atoms with Crippen LogP contribution in [0.5, 0.6) is 0 Å². The van der Waals surface area contributed by atoms with Gasteiger partial charge in [0.25, 0.3) is 11.5 Å². The summed E-state index contributed by atoms with van der Waals surface area (Å²) in [5.41, 5.74) is 1.27. The molecule has 0 aliphatic rings. The Bertz CT molecular complexity index is 792. The minimum absolute atomic E-state index is 0.113. The number of benzene rings is 1. The lowest BCUT2D eigenvalue weighted by atomic mass is 10.1. The third-order valence-corrected chi connectivity index (χ3v) is 3.85. The van der Waals surface area contributed by atoms with E-state index in [-0.39, 0.29) is 16.5 Å². The van der Waals surface area contributed by atoms with E-state index < -0.39 is 5.54 Å². The largest absolute Gasteiger partial charge is 0.378 e. The normalized spacial score (nSPS) is 11.2. The Morgan fingerprint density at radius 3 is 2.42 bits per heavy atom. The summed E-state index contributed by atoms with van der Waals surface area (Å²) in [4.78, 5) is 23.8. The van der Waals surface area contributed by atoms with Gasteiger partial charge in [-0.1, -0.05) is 23.7 Å². The van der Waals surface area contributed by atoms with Gasteiger partial charge in [0.15, 0.2) is 0 Å². The molecule has 0 radical (unpaired) electrons. The van der Waals surface area contributed by atoms with Crippen LogP contribution in [0, 0.1) is 0 Å². The average Bonchev–Trinajstić information content (AvgIpc) is 2.54. The number of nitrogens with one attached hydrogen (secondary N) is 2. The first kappa shape index (κ1) is 18.0. The monoisotopic (exact) mass is 348 g/mol. The van der Waals surface area contributed by atoms with E-state index in [1.807, 2.05) is 32.9 Å². The van der Waals surface area contributed by atoms with Gasteiger partial charge >= 0.3 is 0 Å². The molecule has 2 aromatic rings. The molecule has 0 saturated carbocycles. The van der Waals surface area contributed by atoms with Crippen molar-refractivity contribution in [2.75, 3.05) is 12.4 Å². The number of rotatable bonds is 4. The predicted octanol–water partition coefficient (Wildman–Crippen LogP) is 2.62. The molecule has 6 nitrogen and oxygen atoms in total. The van der Waals surface area contributed by atoms with Gasteiger partial charge < -0.3 is 10.6 Å². The van der Waals surface area contributed by atoms with E-state index in [1.165, 1.54) is 4.68 Å². The number of aromatic nitrogens is 2. The molecule has 2 rings (SSSR count). The summed E-state index contributed by atoms with van der Waals surface area (Å²) in [7, 11) is 1.59. The Kier molecular flexibility index (Phi) is 5.29. The van der Waals surface area contributed by atoms with Crippen molar-refractivity contribution in [1.29, 1.82) is 0 Å². The molecule has 1 aromatic heterocycles. The van der Waals surface area contributed by atoms with E-state index in [0.717, 1.165) is 5.56 Å². The summed E-state index contributed by atoms with van der Waals surface area (Å²) in [5.74, 6) is -0.132. The van der Waals surface area contributed by atoms with Gasteiger partial charge in [-0.05, 0) is 38.5 Å². The maximum atomic E-state index is 12.3. The molecule has 0 spiro atoms. The predicted molar refractivity (Wildman–Crippen MR) is 95.7 cm³/mol. The second-order valence-electron chi connectivity index (χ2n) is 6.39. The van der Waals surface area contributed by atoms with Crippen LogP contribution in [0.15, 0.2) is 35.3 Å². The van der Waals surface area contributed by atoms with E-state index in [4.69, 9.17) is 11.6 Å². The third-order valence-electron chi connectivity index (χ3n) is 3.48. The molecule has 24 heavy (non-hydrogen) atoms. The van der Waals surface area contributed by atoms with Crippen LogP contribution in [0.25, 0.3) is 0 Å². The summed E-state index contributed by atoms with van der Waals surface area (Å²) in [6.45, 7) is 6.13. The van der Waals surface area contributed by atoms with Gasteiger partial charge in [-0.15, -0.1) is 0 Å². The molecule has 1 amide bonds. The van der Waals surface area contributed by atoms with Gasteiger partial charge in [-0.3, -0.25) is 9.59 Å². The molecular weight excluding hydrogens is 328 g/mol. The standard InChI is InChI=1S/C17H21ClN4O2/c1-17(2,3)22-16(24)14(18)13(10-21-22)20-9-11-5-7-12(8-6-11)15(23)19-4/h5-8,10,20H,9H2,1-4H3,(H,19,23). The summed E-state index contributed by atoms with van der Waals surface area (Å²) in [5, 5.41) is 9.96. The van der Waals surface area contributed by atoms with Crippen LogP contribution in [0.4, 0.5) is 5.69 Å². The van der Waals surface area contributed by atoms with Gasteiger partial charge in [0.1, 0.15) is 5.02 Å². The topological polar surface area (TPSA) is 76.0 Å². The molecule has 1 aromatic carbocycles. The van der Waals surface area contributed by atoms with Gasteiger partial charge in [-0.25, -0.2) is 4.68 Å². The zero-order valence-electron chi connectivity index (χ0n) is 14.2. The molecule has 0 fully saturated rings. The van der Waals surface area contributed by atoms with Crippen molar-refractivity contribution in [1.82, 2.24) is 15.1 Å². The first-order valence-corrected chi connectivity index (χ1v) is 7.95. The van der Waals surface area contributed by atoms with Crippen molar-refractivity contribution in [2.45, 2.75) is 32.9 Å². The highest BCUT2D eigenvalue weighted by atomic mass is 35.5. The zero-order valence-corrected chi connectivity index (χ0v) is 14.9. The first-order valence-electron chi connectivity index (χ1n) is 7.57. The Balaban J connectivity index is 2.14. The first-order chi connectivity index (χ1) is 11.2. The maximum absolute atomic E-state index is 12.3. The van der Waals surface area contributed by atoms with Crippen LogP contribution in [0.2, 0.25) is 5.02 Å². The van der Waals surface area contributed by atoms with E-state index in [0.29, 0.717) is 17.8 Å². The quantitative estimate of drug-likeness (QED) is 0.890. The van der Waals surface area contributed by atoms with E-state index in [9.17, 15) is 9.59 Å². The van der Waals surface area contributed by atoms with Crippen LogP contribution in [-0.2, 0) is 12.1 Å². The maximum Gasteiger partial charge on any atom is 0.288 e. The van der Waals surface area contributed by atoms with Crippen molar-refractivity contribution in [3.63, 3.8) is 0 Å². The molecule has 0 unspecified atom stereocenters. The fraction of sp³-hybridized carbons (Fsp3) is 0.353. The van der Waals surface area contributed by atoms with Gasteiger partial charge in [0.05, 0.1) is 17.4 Å². The lowest BCUT2D eigenvalue weighted by Gasteiger charge is -2.21. The SMILES string of the molecule is CNC(=O)c1ccc(CNc2cnn(C(C)(C)C)c(=O)c2Cl)cc1. The molecule has 128 valence electrons. The number of carbonyl (C=O) groups is 1. The average molecular weight is 349 g/mol. The van der Waals surface area contributed by atoms with Crippen LogP contribution < -0.4 is 16.2 Å². The van der Waals surface area contributed by atoms with Crippen molar-refractivity contribution < 1.29 is 4.79 Å². The Morgan fingerprint density at radius 1 is 1.25 bits per heavy atom. The third kappa shape index (κ3) is 3.94. The number of hydrogen-bond acceptors (Lipinski definition) is 4. The molecular formula is C17H21ClN4O2. The minimum Gasteiger partial charge on any atom is -0.378 e. The van der Waals surface area contributed by atoms with Gasteiger partial charge in [-0.2, -0.15) is 5.10 Å². The number of halogens is 1. The highest BCUT2D eigenvalue weighted by Crippen LogP contribution is 2.19. The van der Waals surface area contributed by atoms with E-state index in [1.54, 1.807) is 25.4 Å². The summed E-state index contributed by atoms with van der Waals surface area (Å²) in [6.07, 6.45) is 1.55.